The summed E-state index contributed by atoms with van der Waals surface area (Å²) in [6, 6.07) is 21.3. The monoisotopic (exact) mass is 413 g/mol. The second-order valence-electron chi connectivity index (χ2n) is 7.33. The van der Waals surface area contributed by atoms with Crippen molar-refractivity contribution in [3.63, 3.8) is 0 Å². The third-order valence-corrected chi connectivity index (χ3v) is 5.05. The Morgan fingerprint density at radius 3 is 2.48 bits per heavy atom. The highest BCUT2D eigenvalue weighted by Crippen LogP contribution is 2.30. The summed E-state index contributed by atoms with van der Waals surface area (Å²) in [6.07, 6.45) is 1.68. The average molecular weight is 413 g/mol. The van der Waals surface area contributed by atoms with Crippen molar-refractivity contribution >= 4 is 17.9 Å². The highest BCUT2D eigenvalue weighted by atomic mass is 16.6. The van der Waals surface area contributed by atoms with E-state index in [9.17, 15) is 4.79 Å². The first kappa shape index (κ1) is 20.4. The van der Waals surface area contributed by atoms with Crippen molar-refractivity contribution in [2.24, 2.45) is 4.99 Å². The molecule has 3 aromatic rings. The van der Waals surface area contributed by atoms with Gasteiger partial charge in [0.1, 0.15) is 6.61 Å². The molecule has 0 fully saturated rings. The molecule has 1 aliphatic rings. The second-order valence-corrected chi connectivity index (χ2v) is 7.33. The van der Waals surface area contributed by atoms with E-state index >= 15 is 0 Å². The van der Waals surface area contributed by atoms with Crippen molar-refractivity contribution in [2.45, 2.75) is 20.5 Å². The van der Waals surface area contributed by atoms with Crippen molar-refractivity contribution in [3.05, 3.63) is 100 Å². The van der Waals surface area contributed by atoms with Crippen molar-refractivity contribution in [1.29, 1.82) is 0 Å². The molecule has 156 valence electrons. The number of benzene rings is 3. The van der Waals surface area contributed by atoms with Crippen LogP contribution in [0.25, 0.3) is 6.08 Å². The molecular formula is C26H23NO4. The topological polar surface area (TPSA) is 57.1 Å². The number of carbonyl (C=O) groups is 1. The van der Waals surface area contributed by atoms with Gasteiger partial charge in [0.15, 0.2) is 17.2 Å². The highest BCUT2D eigenvalue weighted by molar-refractivity contribution is 6.12. The Balaban J connectivity index is 1.54. The molecule has 31 heavy (non-hydrogen) atoms. The molecule has 0 radical (unpaired) electrons. The predicted octanol–water partition coefficient (Wildman–Crippen LogP) is 5.24. The Hall–Kier alpha value is -3.86. The lowest BCUT2D eigenvalue weighted by atomic mass is 10.1. The zero-order valence-electron chi connectivity index (χ0n) is 17.7. The van der Waals surface area contributed by atoms with E-state index in [1.807, 2.05) is 67.6 Å². The number of hydrogen-bond donors (Lipinski definition) is 0. The van der Waals surface area contributed by atoms with Gasteiger partial charge in [-0.1, -0.05) is 48.0 Å². The van der Waals surface area contributed by atoms with Gasteiger partial charge in [-0.2, -0.15) is 0 Å². The maximum Gasteiger partial charge on any atom is 0.363 e. The summed E-state index contributed by atoms with van der Waals surface area (Å²) < 4.78 is 16.8. The Morgan fingerprint density at radius 1 is 0.968 bits per heavy atom. The number of methoxy groups -OCH3 is 1. The maximum absolute atomic E-state index is 12.3. The van der Waals surface area contributed by atoms with Gasteiger partial charge >= 0.3 is 5.97 Å². The minimum absolute atomic E-state index is 0.242. The van der Waals surface area contributed by atoms with E-state index in [-0.39, 0.29) is 5.70 Å². The van der Waals surface area contributed by atoms with Crippen LogP contribution >= 0.6 is 0 Å². The van der Waals surface area contributed by atoms with E-state index in [0.717, 1.165) is 22.3 Å². The summed E-state index contributed by atoms with van der Waals surface area (Å²) in [5.74, 6) is 1.04. The van der Waals surface area contributed by atoms with Crippen LogP contribution in [-0.2, 0) is 16.1 Å². The molecule has 1 aliphatic heterocycles. The van der Waals surface area contributed by atoms with Crippen LogP contribution in [0.15, 0.2) is 77.4 Å². The van der Waals surface area contributed by atoms with Gasteiger partial charge in [0.2, 0.25) is 5.90 Å². The Bertz CT molecular complexity index is 1180. The van der Waals surface area contributed by atoms with Crippen LogP contribution in [0.3, 0.4) is 0 Å². The fraction of sp³-hybridized carbons (Fsp3) is 0.154. The fourth-order valence-corrected chi connectivity index (χ4v) is 3.21. The molecule has 0 amide bonds. The second kappa shape index (κ2) is 8.88. The summed E-state index contributed by atoms with van der Waals surface area (Å²) in [6.45, 7) is 4.50. The summed E-state index contributed by atoms with van der Waals surface area (Å²) in [7, 11) is 1.59. The van der Waals surface area contributed by atoms with Crippen LogP contribution < -0.4 is 9.47 Å². The van der Waals surface area contributed by atoms with Crippen LogP contribution in [0.5, 0.6) is 11.5 Å². The zero-order chi connectivity index (χ0) is 21.8. The number of aryl methyl sites for hydroxylation is 2. The quantitative estimate of drug-likeness (QED) is 0.410. The molecule has 0 aromatic heterocycles. The Labute approximate surface area is 181 Å². The van der Waals surface area contributed by atoms with Gasteiger partial charge in [-0.3, -0.25) is 0 Å². The van der Waals surface area contributed by atoms with E-state index in [1.165, 1.54) is 5.56 Å². The summed E-state index contributed by atoms with van der Waals surface area (Å²) in [5, 5.41) is 0. The van der Waals surface area contributed by atoms with Gasteiger partial charge in [-0.25, -0.2) is 9.79 Å². The number of aliphatic imine (C=N–C) groups is 1. The molecular weight excluding hydrogens is 390 g/mol. The van der Waals surface area contributed by atoms with E-state index < -0.39 is 5.97 Å². The smallest absolute Gasteiger partial charge is 0.363 e. The Kier molecular flexibility index (Phi) is 5.85. The molecule has 3 aromatic carbocycles. The molecule has 0 saturated heterocycles. The standard InChI is InChI=1S/C26H23NO4/c1-17-8-11-20(12-9-17)25-27-22(26(28)31-25)14-19-10-13-23(24(15-19)29-3)30-16-21-7-5-4-6-18(21)2/h4-15H,16H2,1-3H3/b22-14+. The van der Waals surface area contributed by atoms with Gasteiger partial charge in [-0.15, -0.1) is 0 Å². The molecule has 0 spiro atoms. The van der Waals surface area contributed by atoms with Crippen LogP contribution in [0, 0.1) is 13.8 Å². The molecule has 0 atom stereocenters. The largest absolute Gasteiger partial charge is 0.493 e. The lowest BCUT2D eigenvalue weighted by molar-refractivity contribution is -0.129. The van der Waals surface area contributed by atoms with Crippen LogP contribution in [-0.4, -0.2) is 19.0 Å². The molecule has 5 heteroatoms. The number of carbonyl (C=O) groups excluding carboxylic acids is 1. The highest BCUT2D eigenvalue weighted by Gasteiger charge is 2.24. The van der Waals surface area contributed by atoms with Gasteiger partial charge < -0.3 is 14.2 Å². The predicted molar refractivity (Wildman–Crippen MR) is 120 cm³/mol. The summed E-state index contributed by atoms with van der Waals surface area (Å²) >= 11 is 0. The van der Waals surface area contributed by atoms with Crippen LogP contribution in [0.2, 0.25) is 0 Å². The fourth-order valence-electron chi connectivity index (χ4n) is 3.21. The van der Waals surface area contributed by atoms with Crippen LogP contribution in [0.4, 0.5) is 0 Å². The maximum atomic E-state index is 12.3. The molecule has 0 saturated carbocycles. The molecule has 0 aliphatic carbocycles. The first-order chi connectivity index (χ1) is 15.0. The van der Waals surface area contributed by atoms with Crippen molar-refractivity contribution < 1.29 is 19.0 Å². The van der Waals surface area contributed by atoms with Gasteiger partial charge in [0.05, 0.1) is 7.11 Å². The molecule has 5 nitrogen and oxygen atoms in total. The number of rotatable bonds is 6. The van der Waals surface area contributed by atoms with E-state index in [0.29, 0.717) is 24.0 Å². The summed E-state index contributed by atoms with van der Waals surface area (Å²) in [4.78, 5) is 16.6. The number of esters is 1. The van der Waals surface area contributed by atoms with Gasteiger partial charge in [0.25, 0.3) is 0 Å². The summed E-state index contributed by atoms with van der Waals surface area (Å²) in [5.41, 5.74) is 5.18. The molecule has 0 unspecified atom stereocenters. The third kappa shape index (κ3) is 4.67. The first-order valence-electron chi connectivity index (χ1n) is 9.98. The SMILES string of the molecule is COc1cc(/C=C2/N=C(c3ccc(C)cc3)OC2=O)ccc1OCc1ccccc1C. The number of nitrogens with zero attached hydrogens (tertiary/aromatic N) is 1. The van der Waals surface area contributed by atoms with Crippen molar-refractivity contribution in [2.75, 3.05) is 7.11 Å². The van der Waals surface area contributed by atoms with Crippen molar-refractivity contribution in [3.8, 4) is 11.5 Å². The lowest BCUT2D eigenvalue weighted by Crippen LogP contribution is -2.05. The number of cyclic esters (lactones) is 1. The zero-order valence-corrected chi connectivity index (χ0v) is 17.7. The minimum Gasteiger partial charge on any atom is -0.493 e. The molecule has 0 N–H and O–H groups in total. The van der Waals surface area contributed by atoms with Gasteiger partial charge in [-0.05, 0) is 60.9 Å². The average Bonchev–Trinajstić information content (AvgIpc) is 3.14. The number of hydrogen-bond acceptors (Lipinski definition) is 5. The first-order valence-corrected chi connectivity index (χ1v) is 9.98. The van der Waals surface area contributed by atoms with E-state index in [1.54, 1.807) is 13.2 Å². The molecule has 1 heterocycles. The molecule has 0 bridgehead atoms. The Morgan fingerprint density at radius 2 is 1.74 bits per heavy atom. The normalized spacial score (nSPS) is 14.4. The lowest BCUT2D eigenvalue weighted by Gasteiger charge is -2.12. The molecule has 4 rings (SSSR count). The van der Waals surface area contributed by atoms with Crippen LogP contribution in [0.1, 0.15) is 27.8 Å². The van der Waals surface area contributed by atoms with E-state index in [4.69, 9.17) is 14.2 Å². The van der Waals surface area contributed by atoms with E-state index in [2.05, 4.69) is 18.0 Å². The minimum atomic E-state index is -0.477. The van der Waals surface area contributed by atoms with Crippen molar-refractivity contribution in [1.82, 2.24) is 0 Å². The third-order valence-electron chi connectivity index (χ3n) is 5.05. The number of ether oxygens (including phenoxy) is 3. The van der Waals surface area contributed by atoms with Gasteiger partial charge in [0, 0.05) is 5.56 Å².